The fraction of sp³-hybridized carbons (Fsp3) is 0.562. The molecule has 1 aliphatic rings. The van der Waals surface area contributed by atoms with Gasteiger partial charge in [0.05, 0.1) is 16.6 Å². The van der Waals surface area contributed by atoms with Crippen molar-refractivity contribution in [3.05, 3.63) is 29.8 Å². The molecule has 0 radical (unpaired) electrons. The quantitative estimate of drug-likeness (QED) is 0.839. The zero-order valence-corrected chi connectivity index (χ0v) is 13.1. The van der Waals surface area contributed by atoms with E-state index >= 15 is 0 Å². The zero-order chi connectivity index (χ0) is 15.3. The molecular weight excluding hydrogens is 286 g/mol. The first kappa shape index (κ1) is 15.8. The Balaban J connectivity index is 1.92. The molecule has 2 rings (SSSR count). The summed E-state index contributed by atoms with van der Waals surface area (Å²) in [6, 6.07) is 8.91. The molecule has 1 aromatic carbocycles. The van der Waals surface area contributed by atoms with Crippen LogP contribution in [0.3, 0.4) is 0 Å². The van der Waals surface area contributed by atoms with Crippen LogP contribution in [0.4, 0.5) is 0 Å². The van der Waals surface area contributed by atoms with Crippen molar-refractivity contribution in [2.75, 3.05) is 12.4 Å². The minimum absolute atomic E-state index is 0.0180. The van der Waals surface area contributed by atoms with Crippen LogP contribution in [0.1, 0.15) is 38.2 Å². The molecule has 1 aromatic rings. The highest BCUT2D eigenvalue weighted by atomic mass is 32.2. The Morgan fingerprint density at radius 1 is 1.33 bits per heavy atom. The zero-order valence-electron chi connectivity index (χ0n) is 12.3. The first-order valence-corrected chi connectivity index (χ1v) is 9.08. The van der Waals surface area contributed by atoms with Gasteiger partial charge in [-0.15, -0.1) is 0 Å². The van der Waals surface area contributed by atoms with E-state index in [0.717, 1.165) is 25.7 Å². The second kappa shape index (κ2) is 6.95. The first-order valence-electron chi connectivity index (χ1n) is 7.36. The molecule has 1 fully saturated rings. The van der Waals surface area contributed by atoms with Crippen molar-refractivity contribution in [1.29, 1.82) is 5.26 Å². The number of hydrogen-bond acceptors (Lipinski definition) is 4. The van der Waals surface area contributed by atoms with Crippen LogP contribution < -0.4 is 4.74 Å². The van der Waals surface area contributed by atoms with E-state index in [9.17, 15) is 8.42 Å². The van der Waals surface area contributed by atoms with Crippen molar-refractivity contribution in [1.82, 2.24) is 0 Å². The van der Waals surface area contributed by atoms with Gasteiger partial charge in [0.1, 0.15) is 18.4 Å². The van der Waals surface area contributed by atoms with Gasteiger partial charge in [0.2, 0.25) is 0 Å². The average Bonchev–Trinajstić information content (AvgIpc) is 2.47. The number of sulfone groups is 1. The van der Waals surface area contributed by atoms with Gasteiger partial charge in [0.15, 0.2) is 9.84 Å². The number of benzene rings is 1. The highest BCUT2D eigenvalue weighted by Crippen LogP contribution is 2.28. The van der Waals surface area contributed by atoms with Crippen LogP contribution in [0.2, 0.25) is 0 Å². The van der Waals surface area contributed by atoms with Crippen molar-refractivity contribution in [3.8, 4) is 11.8 Å². The predicted molar refractivity (Wildman–Crippen MR) is 81.9 cm³/mol. The van der Waals surface area contributed by atoms with E-state index in [1.807, 2.05) is 6.07 Å². The molecule has 0 amide bonds. The Labute approximate surface area is 126 Å². The summed E-state index contributed by atoms with van der Waals surface area (Å²) in [7, 11) is -3.11. The van der Waals surface area contributed by atoms with E-state index in [4.69, 9.17) is 10.00 Å². The van der Waals surface area contributed by atoms with Gasteiger partial charge in [-0.3, -0.25) is 0 Å². The van der Waals surface area contributed by atoms with E-state index in [2.05, 4.69) is 6.92 Å². The predicted octanol–water partition coefficient (Wildman–Crippen LogP) is 2.93. The standard InChI is InChI=1S/C16H21NO3S/c1-13-5-4-7-15(11-13)21(18,19)10-9-20-16-8-3-2-6-14(16)12-17/h2-3,6,8,13,15H,4-5,7,9-11H2,1H3. The van der Waals surface area contributed by atoms with Crippen LogP contribution in [0.25, 0.3) is 0 Å². The van der Waals surface area contributed by atoms with Gasteiger partial charge in [-0.1, -0.05) is 31.9 Å². The summed E-state index contributed by atoms with van der Waals surface area (Å²) in [5.41, 5.74) is 0.432. The number of para-hydroxylation sites is 1. The number of nitrogens with zero attached hydrogens (tertiary/aromatic N) is 1. The lowest BCUT2D eigenvalue weighted by Gasteiger charge is -2.26. The van der Waals surface area contributed by atoms with Gasteiger partial charge >= 0.3 is 0 Å². The van der Waals surface area contributed by atoms with Crippen molar-refractivity contribution in [2.45, 2.75) is 37.9 Å². The van der Waals surface area contributed by atoms with Crippen LogP contribution >= 0.6 is 0 Å². The third-order valence-electron chi connectivity index (χ3n) is 4.03. The third kappa shape index (κ3) is 4.21. The molecule has 0 aliphatic heterocycles. The molecule has 4 nitrogen and oxygen atoms in total. The molecule has 2 atom stereocenters. The van der Waals surface area contributed by atoms with Crippen molar-refractivity contribution in [3.63, 3.8) is 0 Å². The van der Waals surface area contributed by atoms with Gasteiger partial charge in [-0.05, 0) is 30.9 Å². The lowest BCUT2D eigenvalue weighted by atomic mass is 9.91. The number of nitriles is 1. The largest absolute Gasteiger partial charge is 0.491 e. The fourth-order valence-electron chi connectivity index (χ4n) is 2.82. The van der Waals surface area contributed by atoms with Crippen molar-refractivity contribution >= 4 is 9.84 Å². The second-order valence-corrected chi connectivity index (χ2v) is 8.12. The molecule has 2 unspecified atom stereocenters. The van der Waals surface area contributed by atoms with Gasteiger partial charge in [0.25, 0.3) is 0 Å². The van der Waals surface area contributed by atoms with Gasteiger partial charge < -0.3 is 4.74 Å². The lowest BCUT2D eigenvalue weighted by Crippen LogP contribution is -2.31. The average molecular weight is 307 g/mol. The van der Waals surface area contributed by atoms with E-state index in [0.29, 0.717) is 17.2 Å². The summed E-state index contributed by atoms with van der Waals surface area (Å²) < 4.78 is 30.1. The van der Waals surface area contributed by atoms with Gasteiger partial charge in [0, 0.05) is 0 Å². The maximum Gasteiger partial charge on any atom is 0.156 e. The van der Waals surface area contributed by atoms with E-state index in [1.165, 1.54) is 0 Å². The second-order valence-electron chi connectivity index (χ2n) is 5.72. The van der Waals surface area contributed by atoms with Crippen LogP contribution in [0.5, 0.6) is 5.75 Å². The van der Waals surface area contributed by atoms with Crippen molar-refractivity contribution in [2.24, 2.45) is 5.92 Å². The Hall–Kier alpha value is -1.54. The van der Waals surface area contributed by atoms with Crippen LogP contribution in [-0.2, 0) is 9.84 Å². The fourth-order valence-corrected chi connectivity index (χ4v) is 4.62. The Bertz CT molecular complexity index is 619. The number of hydrogen-bond donors (Lipinski definition) is 0. The molecule has 0 N–H and O–H groups in total. The minimum atomic E-state index is -3.11. The molecular formula is C16H21NO3S. The highest BCUT2D eigenvalue weighted by molar-refractivity contribution is 7.92. The monoisotopic (exact) mass is 307 g/mol. The molecule has 5 heteroatoms. The van der Waals surface area contributed by atoms with Crippen LogP contribution in [-0.4, -0.2) is 26.0 Å². The molecule has 1 aliphatic carbocycles. The number of ether oxygens (including phenoxy) is 1. The normalized spacial score (nSPS) is 22.5. The molecule has 114 valence electrons. The SMILES string of the molecule is CC1CCCC(S(=O)(=O)CCOc2ccccc2C#N)C1. The summed E-state index contributed by atoms with van der Waals surface area (Å²) in [4.78, 5) is 0. The summed E-state index contributed by atoms with van der Waals surface area (Å²) in [5, 5.41) is 8.74. The van der Waals surface area contributed by atoms with Crippen LogP contribution in [0.15, 0.2) is 24.3 Å². The Kier molecular flexibility index (Phi) is 5.24. The van der Waals surface area contributed by atoms with Crippen LogP contribution in [0, 0.1) is 17.2 Å². The smallest absolute Gasteiger partial charge is 0.156 e. The molecule has 0 bridgehead atoms. The molecule has 0 spiro atoms. The topological polar surface area (TPSA) is 67.2 Å². The summed E-state index contributed by atoms with van der Waals surface area (Å²) in [6.45, 7) is 2.22. The first-order chi connectivity index (χ1) is 10.0. The maximum atomic E-state index is 12.3. The molecule has 0 aromatic heterocycles. The van der Waals surface area contributed by atoms with E-state index in [1.54, 1.807) is 24.3 Å². The third-order valence-corrected chi connectivity index (χ3v) is 6.21. The molecule has 21 heavy (non-hydrogen) atoms. The Morgan fingerprint density at radius 3 is 2.81 bits per heavy atom. The molecule has 1 saturated carbocycles. The Morgan fingerprint density at radius 2 is 2.10 bits per heavy atom. The minimum Gasteiger partial charge on any atom is -0.491 e. The lowest BCUT2D eigenvalue weighted by molar-refractivity contribution is 0.336. The van der Waals surface area contributed by atoms with E-state index < -0.39 is 9.84 Å². The van der Waals surface area contributed by atoms with Crippen molar-refractivity contribution < 1.29 is 13.2 Å². The maximum absolute atomic E-state index is 12.3. The number of rotatable bonds is 5. The summed E-state index contributed by atoms with van der Waals surface area (Å²) in [5.74, 6) is 0.954. The highest BCUT2D eigenvalue weighted by Gasteiger charge is 2.29. The van der Waals surface area contributed by atoms with E-state index in [-0.39, 0.29) is 17.6 Å². The van der Waals surface area contributed by atoms with Gasteiger partial charge in [-0.25, -0.2) is 8.42 Å². The molecule has 0 saturated heterocycles. The van der Waals surface area contributed by atoms with Gasteiger partial charge in [-0.2, -0.15) is 5.26 Å². The molecule has 0 heterocycles. The summed E-state index contributed by atoms with van der Waals surface area (Å²) >= 11 is 0. The summed E-state index contributed by atoms with van der Waals surface area (Å²) in [6.07, 6.45) is 3.64.